The van der Waals surface area contributed by atoms with Crippen molar-refractivity contribution in [3.8, 4) is 17.2 Å². The molecular formula is C14H18O10. The van der Waals surface area contributed by atoms with E-state index in [1.54, 1.807) is 0 Å². The van der Waals surface area contributed by atoms with Crippen molar-refractivity contribution in [1.82, 2.24) is 0 Å². The van der Waals surface area contributed by atoms with E-state index in [0.717, 1.165) is 12.1 Å². The number of hydrogen-bond donors (Lipinski definition) is 7. The topological polar surface area (TPSA) is 177 Å². The molecule has 0 aliphatic carbocycles. The quantitative estimate of drug-likeness (QED) is 0.234. The number of phenolic OH excluding ortho intramolecular Hbond substituents is 3. The van der Waals surface area contributed by atoms with Gasteiger partial charge in [-0.1, -0.05) is 0 Å². The highest BCUT2D eigenvalue weighted by Crippen LogP contribution is 2.35. The van der Waals surface area contributed by atoms with Crippen LogP contribution in [0.5, 0.6) is 17.2 Å². The molecule has 10 nitrogen and oxygen atoms in total. The lowest BCUT2D eigenvalue weighted by atomic mass is 9.95. The minimum Gasteiger partial charge on any atom is -0.504 e. The first-order chi connectivity index (χ1) is 11.3. The lowest BCUT2D eigenvalue weighted by molar-refractivity contribution is -0.235. The molecule has 1 aromatic carbocycles. The van der Waals surface area contributed by atoms with Gasteiger partial charge in [-0.25, -0.2) is 4.79 Å². The number of carbonyl (C=O) groups excluding carboxylic acids is 1. The Morgan fingerprint density at radius 2 is 1.54 bits per heavy atom. The molecule has 0 saturated carbocycles. The minimum absolute atomic E-state index is 0.271. The first-order valence-electron chi connectivity index (χ1n) is 6.98. The van der Waals surface area contributed by atoms with Gasteiger partial charge in [0.2, 0.25) is 0 Å². The van der Waals surface area contributed by atoms with Crippen molar-refractivity contribution in [2.75, 3.05) is 13.2 Å². The number of ether oxygens (including phenoxy) is 2. The fourth-order valence-corrected chi connectivity index (χ4v) is 2.28. The van der Waals surface area contributed by atoms with Gasteiger partial charge in [-0.3, -0.25) is 0 Å². The Bertz CT molecular complexity index is 578. The lowest BCUT2D eigenvalue weighted by Gasteiger charge is -2.39. The van der Waals surface area contributed by atoms with Crippen molar-refractivity contribution in [2.24, 2.45) is 0 Å². The van der Waals surface area contributed by atoms with Crippen molar-refractivity contribution >= 4 is 5.97 Å². The van der Waals surface area contributed by atoms with Gasteiger partial charge in [0, 0.05) is 0 Å². The third kappa shape index (κ3) is 3.52. The molecule has 0 spiro atoms. The Kier molecular flexibility index (Phi) is 5.47. The zero-order valence-electron chi connectivity index (χ0n) is 12.3. The summed E-state index contributed by atoms with van der Waals surface area (Å²) in [4.78, 5) is 11.9. The van der Waals surface area contributed by atoms with Crippen LogP contribution in [0, 0.1) is 0 Å². The third-order valence-electron chi connectivity index (χ3n) is 3.68. The van der Waals surface area contributed by atoms with Crippen LogP contribution >= 0.6 is 0 Å². The second-order valence-electron chi connectivity index (χ2n) is 5.33. The maximum atomic E-state index is 11.9. The summed E-state index contributed by atoms with van der Waals surface area (Å²) in [6.07, 6.45) is -7.01. The van der Waals surface area contributed by atoms with E-state index in [4.69, 9.17) is 14.6 Å². The zero-order chi connectivity index (χ0) is 18.0. The molecule has 134 valence electrons. The predicted octanol–water partition coefficient (Wildman–Crippen LogP) is -2.20. The summed E-state index contributed by atoms with van der Waals surface area (Å²) in [6, 6.07) is 1.73. The van der Waals surface area contributed by atoms with Crippen molar-refractivity contribution in [3.05, 3.63) is 17.7 Å². The molecule has 0 bridgehead atoms. The first-order valence-corrected chi connectivity index (χ1v) is 6.98. The smallest absolute Gasteiger partial charge is 0.338 e. The van der Waals surface area contributed by atoms with Gasteiger partial charge in [0.15, 0.2) is 17.2 Å². The summed E-state index contributed by atoms with van der Waals surface area (Å²) in [5.41, 5.74) is -0.271. The van der Waals surface area contributed by atoms with Crippen LogP contribution in [-0.4, -0.2) is 85.4 Å². The largest absolute Gasteiger partial charge is 0.504 e. The summed E-state index contributed by atoms with van der Waals surface area (Å²) in [5.74, 6) is -3.25. The number of phenols is 3. The summed E-state index contributed by atoms with van der Waals surface area (Å²) >= 11 is 0. The van der Waals surface area contributed by atoms with Gasteiger partial charge in [-0.2, -0.15) is 0 Å². The molecule has 1 saturated heterocycles. The molecule has 7 N–H and O–H groups in total. The van der Waals surface area contributed by atoms with Crippen LogP contribution in [0.3, 0.4) is 0 Å². The minimum atomic E-state index is -1.60. The van der Waals surface area contributed by atoms with Crippen LogP contribution < -0.4 is 0 Å². The molecule has 1 aliphatic rings. The molecular weight excluding hydrogens is 328 g/mol. The van der Waals surface area contributed by atoms with Crippen molar-refractivity contribution < 1.29 is 50.0 Å². The predicted molar refractivity (Wildman–Crippen MR) is 75.5 cm³/mol. The Balaban J connectivity index is 2.03. The highest BCUT2D eigenvalue weighted by molar-refractivity contribution is 5.91. The number of benzene rings is 1. The maximum Gasteiger partial charge on any atom is 0.338 e. The third-order valence-corrected chi connectivity index (χ3v) is 3.68. The van der Waals surface area contributed by atoms with E-state index in [0.29, 0.717) is 0 Å². The highest BCUT2D eigenvalue weighted by atomic mass is 16.6. The number of hydrogen-bond acceptors (Lipinski definition) is 10. The molecule has 24 heavy (non-hydrogen) atoms. The molecule has 5 unspecified atom stereocenters. The molecule has 1 fully saturated rings. The fourth-order valence-electron chi connectivity index (χ4n) is 2.28. The first kappa shape index (κ1) is 18.2. The Hall–Kier alpha value is -2.11. The summed E-state index contributed by atoms with van der Waals surface area (Å²) < 4.78 is 10.0. The molecule has 10 heteroatoms. The Morgan fingerprint density at radius 3 is 2.08 bits per heavy atom. The molecule has 1 aromatic rings. The highest BCUT2D eigenvalue weighted by Gasteiger charge is 2.43. The average Bonchev–Trinajstić information content (AvgIpc) is 2.56. The SMILES string of the molecule is O=C(OCC1OC(CO)C(O)C(O)C1O)c1cc(O)c(O)c(O)c1. The zero-order valence-corrected chi connectivity index (χ0v) is 12.3. The molecule has 5 atom stereocenters. The van der Waals surface area contributed by atoms with Crippen molar-refractivity contribution in [3.63, 3.8) is 0 Å². The van der Waals surface area contributed by atoms with E-state index in [1.165, 1.54) is 0 Å². The second kappa shape index (κ2) is 7.20. The summed E-state index contributed by atoms with van der Waals surface area (Å²) in [7, 11) is 0. The molecule has 0 amide bonds. The average molecular weight is 346 g/mol. The summed E-state index contributed by atoms with van der Waals surface area (Å²) in [6.45, 7) is -1.14. The van der Waals surface area contributed by atoms with Gasteiger partial charge in [0.1, 0.15) is 37.1 Å². The van der Waals surface area contributed by atoms with Gasteiger partial charge < -0.3 is 45.2 Å². The fraction of sp³-hybridized carbons (Fsp3) is 0.500. The van der Waals surface area contributed by atoms with E-state index in [-0.39, 0.29) is 5.56 Å². The van der Waals surface area contributed by atoms with Crippen LogP contribution in [0.2, 0.25) is 0 Å². The molecule has 1 aliphatic heterocycles. The van der Waals surface area contributed by atoms with E-state index < -0.39 is 67.0 Å². The monoisotopic (exact) mass is 346 g/mol. The van der Waals surface area contributed by atoms with E-state index in [9.17, 15) is 35.4 Å². The second-order valence-corrected chi connectivity index (χ2v) is 5.33. The van der Waals surface area contributed by atoms with Crippen LogP contribution in [0.4, 0.5) is 0 Å². The molecule has 1 heterocycles. The lowest BCUT2D eigenvalue weighted by Crippen LogP contribution is -2.59. The van der Waals surface area contributed by atoms with Gasteiger partial charge in [0.05, 0.1) is 12.2 Å². The number of carbonyl (C=O) groups is 1. The maximum absolute atomic E-state index is 11.9. The molecule has 0 aromatic heterocycles. The van der Waals surface area contributed by atoms with Crippen molar-refractivity contribution in [2.45, 2.75) is 30.5 Å². The van der Waals surface area contributed by atoms with Crippen molar-refractivity contribution in [1.29, 1.82) is 0 Å². The van der Waals surface area contributed by atoms with Gasteiger partial charge in [-0.15, -0.1) is 0 Å². The number of rotatable bonds is 4. The number of esters is 1. The molecule has 0 radical (unpaired) electrons. The van der Waals surface area contributed by atoms with Gasteiger partial charge in [-0.05, 0) is 12.1 Å². The van der Waals surface area contributed by atoms with Gasteiger partial charge >= 0.3 is 5.97 Å². The van der Waals surface area contributed by atoms with E-state index in [2.05, 4.69) is 0 Å². The number of aliphatic hydroxyl groups excluding tert-OH is 4. The molecule has 2 rings (SSSR count). The van der Waals surface area contributed by atoms with Gasteiger partial charge in [0.25, 0.3) is 0 Å². The van der Waals surface area contributed by atoms with Crippen LogP contribution in [0.15, 0.2) is 12.1 Å². The normalized spacial score (nSPS) is 30.1. The van der Waals surface area contributed by atoms with Crippen LogP contribution in [0.1, 0.15) is 10.4 Å². The Labute approximate surface area is 135 Å². The van der Waals surface area contributed by atoms with Crippen LogP contribution in [-0.2, 0) is 9.47 Å². The van der Waals surface area contributed by atoms with Crippen LogP contribution in [0.25, 0.3) is 0 Å². The Morgan fingerprint density at radius 1 is 1.00 bits per heavy atom. The summed E-state index contributed by atoms with van der Waals surface area (Å²) in [5, 5.41) is 66.0. The van der Waals surface area contributed by atoms with E-state index in [1.807, 2.05) is 0 Å². The van der Waals surface area contributed by atoms with E-state index >= 15 is 0 Å². The number of aliphatic hydroxyl groups is 4. The standard InChI is InChI=1S/C14H18O10/c15-3-8-11(19)13(21)12(20)9(24-8)4-23-14(22)5-1-6(16)10(18)7(17)2-5/h1-2,8-9,11-13,15-21H,3-4H2. The number of aromatic hydroxyl groups is 3.